The Morgan fingerprint density at radius 3 is 2.50 bits per heavy atom. The van der Waals surface area contributed by atoms with Gasteiger partial charge < -0.3 is 29.9 Å². The molecule has 0 spiro atoms. The van der Waals surface area contributed by atoms with Gasteiger partial charge in [0.15, 0.2) is 11.5 Å². The van der Waals surface area contributed by atoms with Crippen LogP contribution in [-0.4, -0.2) is 56.4 Å². The monoisotopic (exact) mass is 410 g/mol. The number of fused-ring (bicyclic) bond motifs is 1. The van der Waals surface area contributed by atoms with Crippen molar-refractivity contribution < 1.29 is 14.3 Å². The van der Waals surface area contributed by atoms with Crippen LogP contribution >= 0.6 is 0 Å². The Kier molecular flexibility index (Phi) is 6.28. The highest BCUT2D eigenvalue weighted by Crippen LogP contribution is 2.32. The summed E-state index contributed by atoms with van der Waals surface area (Å²) in [6, 6.07) is 13.7. The van der Waals surface area contributed by atoms with Gasteiger partial charge in [-0.15, -0.1) is 0 Å². The van der Waals surface area contributed by atoms with E-state index in [-0.39, 0.29) is 18.7 Å². The molecule has 2 aliphatic heterocycles. The third-order valence-electron chi connectivity index (χ3n) is 5.73. The zero-order valence-corrected chi connectivity index (χ0v) is 17.7. The number of piperazine rings is 1. The van der Waals surface area contributed by atoms with E-state index in [1.165, 1.54) is 5.69 Å². The van der Waals surface area contributed by atoms with Gasteiger partial charge in [-0.05, 0) is 55.4 Å². The van der Waals surface area contributed by atoms with Crippen LogP contribution in [0.25, 0.3) is 0 Å². The second kappa shape index (κ2) is 9.26. The minimum atomic E-state index is -0.335. The zero-order valence-electron chi connectivity index (χ0n) is 17.7. The van der Waals surface area contributed by atoms with Gasteiger partial charge in [0.1, 0.15) is 6.04 Å². The van der Waals surface area contributed by atoms with E-state index in [1.807, 2.05) is 37.3 Å². The molecule has 0 radical (unpaired) electrons. The van der Waals surface area contributed by atoms with Crippen molar-refractivity contribution in [2.24, 2.45) is 0 Å². The number of amides is 1. The van der Waals surface area contributed by atoms with E-state index in [0.717, 1.165) is 55.5 Å². The van der Waals surface area contributed by atoms with Crippen LogP contribution in [0, 0.1) is 0 Å². The van der Waals surface area contributed by atoms with Crippen LogP contribution < -0.4 is 25.0 Å². The third kappa shape index (κ3) is 4.79. The molecule has 1 fully saturated rings. The lowest BCUT2D eigenvalue weighted by Crippen LogP contribution is -2.46. The number of carbonyl (C=O) groups is 1. The average molecular weight is 411 g/mol. The van der Waals surface area contributed by atoms with Crippen LogP contribution in [0.4, 0.5) is 11.4 Å². The Bertz CT molecular complexity index is 863. The molecule has 4 rings (SSSR count). The average Bonchev–Trinajstić information content (AvgIpc) is 3.26. The molecule has 2 N–H and O–H groups in total. The summed E-state index contributed by atoms with van der Waals surface area (Å²) < 4.78 is 10.7. The molecule has 2 aliphatic rings. The minimum absolute atomic E-state index is 0.0487. The largest absolute Gasteiger partial charge is 0.454 e. The molecule has 1 amide bonds. The lowest BCUT2D eigenvalue weighted by atomic mass is 10.2. The quantitative estimate of drug-likeness (QED) is 0.732. The van der Waals surface area contributed by atoms with Crippen LogP contribution in [0.5, 0.6) is 11.5 Å². The molecule has 1 atom stereocenters. The highest BCUT2D eigenvalue weighted by Gasteiger charge is 2.17. The van der Waals surface area contributed by atoms with Gasteiger partial charge in [-0.2, -0.15) is 0 Å². The number of nitrogens with zero attached hydrogens (tertiary/aromatic N) is 2. The van der Waals surface area contributed by atoms with Crippen molar-refractivity contribution in [1.82, 2.24) is 10.2 Å². The molecule has 0 aliphatic carbocycles. The summed E-state index contributed by atoms with van der Waals surface area (Å²) in [5.41, 5.74) is 3.15. The molecule has 0 aromatic heterocycles. The van der Waals surface area contributed by atoms with Gasteiger partial charge in [0.05, 0.1) is 0 Å². The Labute approximate surface area is 177 Å². The molecule has 0 bridgehead atoms. The Morgan fingerprint density at radius 1 is 1.03 bits per heavy atom. The van der Waals surface area contributed by atoms with Crippen LogP contribution in [0.3, 0.4) is 0 Å². The normalized spacial score (nSPS) is 16.9. The summed E-state index contributed by atoms with van der Waals surface area (Å²) in [6.45, 7) is 10.2. The van der Waals surface area contributed by atoms with Gasteiger partial charge in [0.25, 0.3) is 0 Å². The predicted molar refractivity (Wildman–Crippen MR) is 118 cm³/mol. The summed E-state index contributed by atoms with van der Waals surface area (Å²) in [5, 5.41) is 6.25. The first-order chi connectivity index (χ1) is 14.6. The van der Waals surface area contributed by atoms with Gasteiger partial charge >= 0.3 is 0 Å². The number of benzene rings is 2. The SMILES string of the molecule is CCN1CCN(c2ccc(N[C@H](C)C(=O)NCc3ccc4c(c3)OCO4)cc2)CC1. The summed E-state index contributed by atoms with van der Waals surface area (Å²) in [7, 11) is 0. The molecule has 2 heterocycles. The highest BCUT2D eigenvalue weighted by atomic mass is 16.7. The van der Waals surface area contributed by atoms with Crippen molar-refractivity contribution in [3.05, 3.63) is 48.0 Å². The van der Waals surface area contributed by atoms with Crippen molar-refractivity contribution >= 4 is 17.3 Å². The maximum Gasteiger partial charge on any atom is 0.242 e. The molecule has 7 heteroatoms. The fourth-order valence-electron chi connectivity index (χ4n) is 3.80. The van der Waals surface area contributed by atoms with Gasteiger partial charge in [-0.3, -0.25) is 4.79 Å². The van der Waals surface area contributed by atoms with E-state index in [1.54, 1.807) is 0 Å². The molecule has 2 aromatic rings. The number of hydrogen-bond acceptors (Lipinski definition) is 6. The molecule has 1 saturated heterocycles. The number of ether oxygens (including phenoxy) is 2. The van der Waals surface area contributed by atoms with Gasteiger partial charge in [-0.1, -0.05) is 13.0 Å². The lowest BCUT2D eigenvalue weighted by molar-refractivity contribution is -0.121. The van der Waals surface area contributed by atoms with Crippen molar-refractivity contribution in [2.75, 3.05) is 49.7 Å². The van der Waals surface area contributed by atoms with E-state index < -0.39 is 0 Å². The fourth-order valence-corrected chi connectivity index (χ4v) is 3.80. The second-order valence-corrected chi connectivity index (χ2v) is 7.74. The lowest BCUT2D eigenvalue weighted by Gasteiger charge is -2.35. The van der Waals surface area contributed by atoms with E-state index in [9.17, 15) is 4.79 Å². The van der Waals surface area contributed by atoms with Crippen LogP contribution in [0.15, 0.2) is 42.5 Å². The Hall–Kier alpha value is -2.93. The molecule has 2 aromatic carbocycles. The first kappa shape index (κ1) is 20.3. The van der Waals surface area contributed by atoms with Crippen LogP contribution in [-0.2, 0) is 11.3 Å². The van der Waals surface area contributed by atoms with Crippen molar-refractivity contribution in [3.8, 4) is 11.5 Å². The number of nitrogens with one attached hydrogen (secondary N) is 2. The standard InChI is InChI=1S/C23H30N4O3/c1-3-26-10-12-27(13-11-26)20-7-5-19(6-8-20)25-17(2)23(28)24-15-18-4-9-21-22(14-18)30-16-29-21/h4-9,14,17,25H,3,10-13,15-16H2,1-2H3,(H,24,28)/t17-/m1/s1. The molecule has 0 saturated carbocycles. The van der Waals surface area contributed by atoms with Gasteiger partial charge in [0, 0.05) is 44.1 Å². The summed E-state index contributed by atoms with van der Waals surface area (Å²) >= 11 is 0. The van der Waals surface area contributed by atoms with Crippen molar-refractivity contribution in [1.29, 1.82) is 0 Å². The highest BCUT2D eigenvalue weighted by molar-refractivity contribution is 5.84. The number of rotatable bonds is 7. The summed E-state index contributed by atoms with van der Waals surface area (Å²) in [4.78, 5) is 17.4. The number of hydrogen-bond donors (Lipinski definition) is 2. The zero-order chi connectivity index (χ0) is 20.9. The van der Waals surface area contributed by atoms with Crippen molar-refractivity contribution in [3.63, 3.8) is 0 Å². The first-order valence-electron chi connectivity index (χ1n) is 10.6. The summed E-state index contributed by atoms with van der Waals surface area (Å²) in [6.07, 6.45) is 0. The predicted octanol–water partition coefficient (Wildman–Crippen LogP) is 2.67. The fraction of sp³-hybridized carbons (Fsp3) is 0.435. The minimum Gasteiger partial charge on any atom is -0.454 e. The maximum atomic E-state index is 12.5. The Morgan fingerprint density at radius 2 is 1.77 bits per heavy atom. The van der Waals surface area contributed by atoms with E-state index in [4.69, 9.17) is 9.47 Å². The number of carbonyl (C=O) groups excluding carboxylic acids is 1. The number of anilines is 2. The van der Waals surface area contributed by atoms with Gasteiger partial charge in [-0.25, -0.2) is 0 Å². The molecule has 160 valence electrons. The molecular formula is C23H30N4O3. The first-order valence-corrected chi connectivity index (χ1v) is 10.6. The van der Waals surface area contributed by atoms with E-state index >= 15 is 0 Å². The smallest absolute Gasteiger partial charge is 0.242 e. The topological polar surface area (TPSA) is 66.1 Å². The van der Waals surface area contributed by atoms with Crippen molar-refractivity contribution in [2.45, 2.75) is 26.4 Å². The summed E-state index contributed by atoms with van der Waals surface area (Å²) in [5.74, 6) is 1.42. The maximum absolute atomic E-state index is 12.5. The second-order valence-electron chi connectivity index (χ2n) is 7.74. The molecule has 30 heavy (non-hydrogen) atoms. The Balaban J connectivity index is 1.26. The number of likely N-dealkylation sites (N-methyl/N-ethyl adjacent to an activating group) is 1. The molecular weight excluding hydrogens is 380 g/mol. The van der Waals surface area contributed by atoms with E-state index in [0.29, 0.717) is 6.54 Å². The van der Waals surface area contributed by atoms with Crippen LogP contribution in [0.2, 0.25) is 0 Å². The molecule has 0 unspecified atom stereocenters. The molecule has 7 nitrogen and oxygen atoms in total. The van der Waals surface area contributed by atoms with Crippen LogP contribution in [0.1, 0.15) is 19.4 Å². The van der Waals surface area contributed by atoms with E-state index in [2.05, 4.69) is 39.5 Å². The van der Waals surface area contributed by atoms with Gasteiger partial charge in [0.2, 0.25) is 12.7 Å². The third-order valence-corrected chi connectivity index (χ3v) is 5.73.